The molecule has 1 saturated heterocycles. The van der Waals surface area contributed by atoms with Crippen LogP contribution in [0.3, 0.4) is 0 Å². The number of allylic oxidation sites excluding steroid dienone is 3. The van der Waals surface area contributed by atoms with Gasteiger partial charge in [0.1, 0.15) is 17.7 Å². The maximum atomic E-state index is 14.0. The molecule has 1 aliphatic carbocycles. The second-order valence-electron chi connectivity index (χ2n) is 13.6. The van der Waals surface area contributed by atoms with Gasteiger partial charge in [0.2, 0.25) is 15.9 Å². The number of carboxylic acid groups (broad SMARTS) is 1. The van der Waals surface area contributed by atoms with Crippen LogP contribution < -0.4 is 20.3 Å². The molecule has 0 radical (unpaired) electrons. The van der Waals surface area contributed by atoms with Crippen LogP contribution >= 0.6 is 0 Å². The zero-order chi connectivity index (χ0) is 34.9. The summed E-state index contributed by atoms with van der Waals surface area (Å²) in [5.41, 5.74) is 0.460. The smallest absolute Gasteiger partial charge is 0.415 e. The van der Waals surface area contributed by atoms with Crippen LogP contribution in [0, 0.1) is 12.3 Å². The summed E-state index contributed by atoms with van der Waals surface area (Å²) >= 11 is 0. The highest BCUT2D eigenvalue weighted by atomic mass is 32.2. The number of ether oxygens (including phenoxy) is 1. The molecule has 0 aromatic heterocycles. The molecule has 256 valence electrons. The van der Waals surface area contributed by atoms with Crippen LogP contribution in [-0.2, 0) is 35.6 Å². The Bertz CT molecular complexity index is 1760. The molecule has 0 saturated carbocycles. The van der Waals surface area contributed by atoms with Gasteiger partial charge in [0.15, 0.2) is 5.78 Å². The number of sulfonamides is 1. The molecule has 13 heteroatoms. The lowest BCUT2D eigenvalue weighted by molar-refractivity contribution is -0.140. The monoisotopic (exact) mass is 678 g/mol. The van der Waals surface area contributed by atoms with Crippen molar-refractivity contribution in [1.29, 1.82) is 0 Å². The molecule has 5 rings (SSSR count). The number of carboxylic acids is 1. The fourth-order valence-electron chi connectivity index (χ4n) is 6.33. The van der Waals surface area contributed by atoms with E-state index >= 15 is 0 Å². The standard InChI is InChI=1S/C35H42N4O8S/c1-22-11-13-25(14-12-22)48(45,46)38-27(32(42)43)21-35(30(40)26-9-7-19-36-26)17-15-24(16-18-35)37-31(41)29-20-23-8-5-6-10-28(23)39(29)33(44)47-34(2,3)4/h5-6,8,10-17,26-27,29,36,38H,7,9,18-21H2,1-4H3,(H,37,41)(H,42,43)/t26-,27+,29?,35?/m0/s1. The van der Waals surface area contributed by atoms with E-state index in [1.54, 1.807) is 70.2 Å². The predicted octanol–water partition coefficient (Wildman–Crippen LogP) is 3.75. The first kappa shape index (κ1) is 35.0. The van der Waals surface area contributed by atoms with Gasteiger partial charge < -0.3 is 20.5 Å². The van der Waals surface area contributed by atoms with Gasteiger partial charge in [0.25, 0.3) is 0 Å². The Labute approximate surface area is 280 Å². The Morgan fingerprint density at radius 3 is 2.42 bits per heavy atom. The quantitative estimate of drug-likeness (QED) is 0.292. The number of nitrogens with one attached hydrogen (secondary N) is 3. The van der Waals surface area contributed by atoms with Crippen LogP contribution in [0.25, 0.3) is 0 Å². The van der Waals surface area contributed by atoms with Gasteiger partial charge in [-0.3, -0.25) is 19.3 Å². The third-order valence-corrected chi connectivity index (χ3v) is 10.3. The van der Waals surface area contributed by atoms with E-state index in [0.29, 0.717) is 24.4 Å². The Morgan fingerprint density at radius 2 is 1.81 bits per heavy atom. The fraction of sp³-hybridized carbons (Fsp3) is 0.429. The van der Waals surface area contributed by atoms with Gasteiger partial charge in [0.05, 0.1) is 22.0 Å². The Balaban J connectivity index is 1.37. The number of hydrogen-bond donors (Lipinski definition) is 4. The van der Waals surface area contributed by atoms with Crippen LogP contribution in [0.1, 0.15) is 57.6 Å². The van der Waals surface area contributed by atoms with Crippen molar-refractivity contribution in [2.45, 2.75) is 88.4 Å². The van der Waals surface area contributed by atoms with Crippen LogP contribution in [0.4, 0.5) is 10.5 Å². The number of fused-ring (bicyclic) bond motifs is 1. The van der Waals surface area contributed by atoms with Gasteiger partial charge in [-0.15, -0.1) is 0 Å². The molecule has 3 aliphatic rings. The average Bonchev–Trinajstić information content (AvgIpc) is 3.69. The lowest BCUT2D eigenvalue weighted by Crippen LogP contribution is -2.51. The number of aryl methyl sites for hydroxylation is 1. The molecule has 4 atom stereocenters. The van der Waals surface area contributed by atoms with Gasteiger partial charge in [-0.2, -0.15) is 4.72 Å². The normalized spacial score (nSPS) is 22.8. The molecule has 2 heterocycles. The largest absolute Gasteiger partial charge is 0.480 e. The van der Waals surface area contributed by atoms with Crippen molar-refractivity contribution in [3.63, 3.8) is 0 Å². The van der Waals surface area contributed by atoms with Crippen molar-refractivity contribution in [3.8, 4) is 0 Å². The van der Waals surface area contributed by atoms with Crippen molar-refractivity contribution >= 4 is 39.5 Å². The van der Waals surface area contributed by atoms with Crippen LogP contribution in [0.15, 0.2) is 77.4 Å². The molecular formula is C35H42N4O8S. The number of Topliss-reactive ketones (excluding diaryl/α,β-unsaturated/α-hetero) is 1. The van der Waals surface area contributed by atoms with E-state index in [2.05, 4.69) is 15.4 Å². The number of carbonyl (C=O) groups excluding carboxylic acids is 3. The fourth-order valence-corrected chi connectivity index (χ4v) is 7.52. The molecule has 0 bridgehead atoms. The zero-order valence-corrected chi connectivity index (χ0v) is 28.3. The molecule has 2 aliphatic heterocycles. The summed E-state index contributed by atoms with van der Waals surface area (Å²) in [5.74, 6) is -2.13. The van der Waals surface area contributed by atoms with E-state index in [9.17, 15) is 32.7 Å². The molecule has 48 heavy (non-hydrogen) atoms. The second kappa shape index (κ2) is 13.7. The summed E-state index contributed by atoms with van der Waals surface area (Å²) in [5, 5.41) is 16.2. The summed E-state index contributed by atoms with van der Waals surface area (Å²) < 4.78 is 34.3. The Morgan fingerprint density at radius 1 is 1.10 bits per heavy atom. The van der Waals surface area contributed by atoms with Crippen LogP contribution in [0.2, 0.25) is 0 Å². The first-order chi connectivity index (χ1) is 22.6. The van der Waals surface area contributed by atoms with Gasteiger partial charge in [0, 0.05) is 12.1 Å². The molecule has 2 unspecified atom stereocenters. The van der Waals surface area contributed by atoms with Crippen molar-refractivity contribution in [2.24, 2.45) is 5.41 Å². The summed E-state index contributed by atoms with van der Waals surface area (Å²) in [7, 11) is -4.22. The number of rotatable bonds is 10. The minimum absolute atomic E-state index is 0.0207. The molecule has 2 aromatic carbocycles. The summed E-state index contributed by atoms with van der Waals surface area (Å²) in [6, 6.07) is 10.2. The van der Waals surface area contributed by atoms with Gasteiger partial charge >= 0.3 is 12.1 Å². The highest BCUT2D eigenvalue weighted by molar-refractivity contribution is 7.89. The maximum absolute atomic E-state index is 14.0. The first-order valence-corrected chi connectivity index (χ1v) is 17.5. The highest BCUT2D eigenvalue weighted by Crippen LogP contribution is 2.39. The average molecular weight is 679 g/mol. The van der Waals surface area contributed by atoms with E-state index in [1.807, 2.05) is 12.1 Å². The summed E-state index contributed by atoms with van der Waals surface area (Å²) in [6.45, 7) is 7.68. The molecule has 0 spiro atoms. The zero-order valence-electron chi connectivity index (χ0n) is 27.5. The second-order valence-corrected chi connectivity index (χ2v) is 15.3. The van der Waals surface area contributed by atoms with Crippen LogP contribution in [-0.4, -0.2) is 67.5 Å². The Kier molecular flexibility index (Phi) is 9.95. The van der Waals surface area contributed by atoms with Crippen molar-refractivity contribution in [3.05, 3.63) is 83.6 Å². The third-order valence-electron chi connectivity index (χ3n) is 8.77. The molecule has 2 amide bonds. The SMILES string of the molecule is Cc1ccc(S(=O)(=O)N[C@H](CC2(C(=O)[C@@H]3CCCN3)C=CC(NC(=O)C3Cc4ccccc4N3C(=O)OC(C)(C)C)=CC2)C(=O)O)cc1. The number of aliphatic carboxylic acids is 1. The third kappa shape index (κ3) is 7.69. The lowest BCUT2D eigenvalue weighted by Gasteiger charge is -2.35. The van der Waals surface area contributed by atoms with E-state index in [0.717, 1.165) is 17.5 Å². The van der Waals surface area contributed by atoms with E-state index < -0.39 is 57.1 Å². The molecule has 1 fully saturated rings. The number of carbonyl (C=O) groups is 4. The van der Waals surface area contributed by atoms with Crippen LogP contribution in [0.5, 0.6) is 0 Å². The van der Waals surface area contributed by atoms with Gasteiger partial charge in [-0.05, 0) is 89.8 Å². The van der Waals surface area contributed by atoms with E-state index in [4.69, 9.17) is 4.74 Å². The molecule has 4 N–H and O–H groups in total. The van der Waals surface area contributed by atoms with E-state index in [-0.39, 0.29) is 29.9 Å². The molecule has 2 aromatic rings. The number of hydrogen-bond acceptors (Lipinski definition) is 8. The lowest BCUT2D eigenvalue weighted by atomic mass is 9.70. The van der Waals surface area contributed by atoms with Gasteiger partial charge in [-0.1, -0.05) is 48.0 Å². The van der Waals surface area contributed by atoms with Crippen molar-refractivity contribution in [1.82, 2.24) is 15.4 Å². The number of amides is 2. The number of para-hydroxylation sites is 1. The van der Waals surface area contributed by atoms with Gasteiger partial charge in [-0.25, -0.2) is 13.2 Å². The highest BCUT2D eigenvalue weighted by Gasteiger charge is 2.46. The molecular weight excluding hydrogens is 636 g/mol. The summed E-state index contributed by atoms with van der Waals surface area (Å²) in [4.78, 5) is 54.6. The molecule has 12 nitrogen and oxygen atoms in total. The summed E-state index contributed by atoms with van der Waals surface area (Å²) in [6.07, 6.45) is 5.38. The van der Waals surface area contributed by atoms with E-state index in [1.165, 1.54) is 17.0 Å². The topological polar surface area (TPSA) is 171 Å². The first-order valence-electron chi connectivity index (χ1n) is 16.0. The minimum atomic E-state index is -4.22. The van der Waals surface area contributed by atoms with Crippen molar-refractivity contribution < 1.29 is 37.4 Å². The Hall–Kier alpha value is -4.33. The number of nitrogens with zero attached hydrogens (tertiary/aromatic N) is 1. The minimum Gasteiger partial charge on any atom is -0.480 e. The maximum Gasteiger partial charge on any atom is 0.415 e. The number of ketones is 1. The number of benzene rings is 2. The number of anilines is 1. The van der Waals surface area contributed by atoms with Crippen molar-refractivity contribution in [2.75, 3.05) is 11.4 Å². The predicted molar refractivity (Wildman–Crippen MR) is 179 cm³/mol.